The molecule has 0 aromatic heterocycles. The molecule has 1 rings (SSSR count). The maximum Gasteiger partial charge on any atom is 4.00 e. The second-order valence-corrected chi connectivity index (χ2v) is 4.85. The summed E-state index contributed by atoms with van der Waals surface area (Å²) < 4.78 is 68.2. The minimum absolute atomic E-state index is 0. The van der Waals surface area contributed by atoms with Gasteiger partial charge in [0.05, 0.1) is 0 Å². The van der Waals surface area contributed by atoms with Gasteiger partial charge in [-0.3, -0.25) is 16.8 Å². The van der Waals surface area contributed by atoms with Crippen molar-refractivity contribution in [1.29, 1.82) is 0 Å². The summed E-state index contributed by atoms with van der Waals surface area (Å²) in [6, 6.07) is 0.536. The average molecular weight is 503 g/mol. The van der Waals surface area contributed by atoms with E-state index in [9.17, 15) is 0 Å². The number of hydrogen-bond donors (Lipinski definition) is 2. The predicted octanol–water partition coefficient (Wildman–Crippen LogP) is -1.24. The molecule has 0 heterocycles. The second kappa shape index (κ2) is 13.3. The van der Waals surface area contributed by atoms with E-state index in [0.29, 0.717) is 6.04 Å². The van der Waals surface area contributed by atoms with E-state index in [-0.39, 0.29) is 27.2 Å². The first-order chi connectivity index (χ1) is 7.39. The number of rotatable bonds is 0. The Morgan fingerprint density at radius 3 is 1.11 bits per heavy atom. The number of hydrogen-bond acceptors (Lipinski definition) is 10. The van der Waals surface area contributed by atoms with E-state index in [2.05, 4.69) is 0 Å². The molecule has 0 spiro atoms. The first-order valence-corrected chi connectivity index (χ1v) is 7.15. The minimum Gasteiger partial charge on any atom is -0.759 e. The van der Waals surface area contributed by atoms with E-state index in [1.165, 1.54) is 32.1 Å². The third-order valence-corrected chi connectivity index (χ3v) is 1.65. The Morgan fingerprint density at radius 1 is 0.789 bits per heavy atom. The first kappa shape index (κ1) is 27.7. The molecule has 120 valence electrons. The van der Waals surface area contributed by atoms with Gasteiger partial charge < -0.3 is 30.1 Å². The Kier molecular flexibility index (Phi) is 19.4. The summed E-state index contributed by atoms with van der Waals surface area (Å²) in [4.78, 5) is 0. The molecule has 0 amide bonds. The summed E-state index contributed by atoms with van der Waals surface area (Å²) >= 11 is 0. The molecule has 0 aliphatic heterocycles. The van der Waals surface area contributed by atoms with Gasteiger partial charge in [0, 0.05) is 26.8 Å². The van der Waals surface area contributed by atoms with Crippen LogP contribution >= 0.6 is 0 Å². The molecule has 1 fully saturated rings. The molecule has 5 N–H and O–H groups in total. The molecule has 0 saturated heterocycles. The van der Waals surface area contributed by atoms with Crippen LogP contribution in [0.4, 0.5) is 0 Å². The maximum absolute atomic E-state index is 8.52. The van der Waals surface area contributed by atoms with Gasteiger partial charge in [-0.1, -0.05) is 19.3 Å². The second-order valence-electron chi connectivity index (χ2n) is 3.21. The molecule has 13 heteroatoms. The van der Waals surface area contributed by atoms with Crippen molar-refractivity contribution in [2.75, 3.05) is 0 Å². The van der Waals surface area contributed by atoms with Crippen molar-refractivity contribution in [2.45, 2.75) is 38.1 Å². The van der Waals surface area contributed by atoms with E-state index in [4.69, 9.17) is 40.8 Å². The molecule has 0 unspecified atom stereocenters. The molecule has 1 saturated carbocycles. The molecular formula is C6H16N2O8PtS2. The van der Waals surface area contributed by atoms with Crippen molar-refractivity contribution in [3.05, 3.63) is 0 Å². The van der Waals surface area contributed by atoms with E-state index in [1.54, 1.807) is 0 Å². The van der Waals surface area contributed by atoms with Crippen LogP contribution in [-0.2, 0) is 41.9 Å². The maximum atomic E-state index is 8.52. The van der Waals surface area contributed by atoms with Crippen molar-refractivity contribution >= 4 is 20.8 Å². The standard InChI is InChI=1S/C6H13N.H3N.2H2O4S.Pt/c7-6-4-2-1-3-5-6;;2*1-5(2,3)4;/h6H,1-5,7H2;1H3;2*(H2,1,2,3,4);/q;;;;+4/p-4. The molecule has 0 atom stereocenters. The fraction of sp³-hybridized carbons (Fsp3) is 1.00. The van der Waals surface area contributed by atoms with E-state index in [1.807, 2.05) is 0 Å². The van der Waals surface area contributed by atoms with E-state index < -0.39 is 20.8 Å². The zero-order valence-electron chi connectivity index (χ0n) is 9.80. The summed E-state index contributed by atoms with van der Waals surface area (Å²) in [5.74, 6) is 0. The number of nitrogens with two attached hydrogens (primary N) is 1. The predicted molar refractivity (Wildman–Crippen MR) is 57.0 cm³/mol. The molecule has 0 bridgehead atoms. The fourth-order valence-corrected chi connectivity index (χ4v) is 1.13. The Labute approximate surface area is 127 Å². The first-order valence-electron chi connectivity index (χ1n) is 4.48. The molecule has 0 aromatic rings. The summed E-state index contributed by atoms with van der Waals surface area (Å²) in [5.41, 5.74) is 5.63. The van der Waals surface area contributed by atoms with Crippen LogP contribution in [0.1, 0.15) is 32.1 Å². The molecule has 10 nitrogen and oxygen atoms in total. The Bertz CT molecular complexity index is 332. The van der Waals surface area contributed by atoms with Gasteiger partial charge in [-0.05, 0) is 12.8 Å². The molecule has 19 heavy (non-hydrogen) atoms. The smallest absolute Gasteiger partial charge is 0.759 e. The monoisotopic (exact) mass is 503 g/mol. The topological polar surface area (TPSA) is 222 Å². The van der Waals surface area contributed by atoms with E-state index >= 15 is 0 Å². The largest absolute Gasteiger partial charge is 4.00 e. The summed E-state index contributed by atoms with van der Waals surface area (Å²) in [6.07, 6.45) is 6.66. The third-order valence-electron chi connectivity index (χ3n) is 1.65. The molecule has 0 radical (unpaired) electrons. The summed E-state index contributed by atoms with van der Waals surface area (Å²) in [6.45, 7) is 0. The van der Waals surface area contributed by atoms with Crippen LogP contribution in [0.25, 0.3) is 0 Å². The fourth-order valence-electron chi connectivity index (χ4n) is 1.13. The minimum atomic E-state index is -5.17. The van der Waals surface area contributed by atoms with Gasteiger partial charge in [0.15, 0.2) is 0 Å². The Morgan fingerprint density at radius 2 is 1.00 bits per heavy atom. The van der Waals surface area contributed by atoms with E-state index in [0.717, 1.165) is 0 Å². The average Bonchev–Trinajstić information content (AvgIpc) is 1.98. The Hall–Kier alpha value is 0.348. The summed E-state index contributed by atoms with van der Waals surface area (Å²) in [5, 5.41) is 0. The van der Waals surface area contributed by atoms with Gasteiger partial charge in [0.1, 0.15) is 0 Å². The van der Waals surface area contributed by atoms with Crippen molar-refractivity contribution < 1.29 is 56.1 Å². The van der Waals surface area contributed by atoms with Crippen LogP contribution in [0.3, 0.4) is 0 Å². The van der Waals surface area contributed by atoms with Gasteiger partial charge >= 0.3 is 21.1 Å². The SMILES string of the molecule is N.NC1CCCCC1.O=S(=O)([O-])[O-].O=S(=O)([O-])[O-].[Pt+4]. The third kappa shape index (κ3) is 70.4. The van der Waals surface area contributed by atoms with Gasteiger partial charge in [-0.2, -0.15) is 0 Å². The molecule has 1 aliphatic rings. The van der Waals surface area contributed by atoms with Crippen LogP contribution in [-0.4, -0.2) is 41.1 Å². The van der Waals surface area contributed by atoms with Crippen LogP contribution in [0.5, 0.6) is 0 Å². The van der Waals surface area contributed by atoms with Crippen LogP contribution in [0.15, 0.2) is 0 Å². The van der Waals surface area contributed by atoms with Crippen molar-refractivity contribution in [3.63, 3.8) is 0 Å². The van der Waals surface area contributed by atoms with Crippen molar-refractivity contribution in [1.82, 2.24) is 6.15 Å². The van der Waals surface area contributed by atoms with Gasteiger partial charge in [-0.25, -0.2) is 0 Å². The molecule has 1 aliphatic carbocycles. The van der Waals surface area contributed by atoms with Gasteiger partial charge in [0.2, 0.25) is 0 Å². The van der Waals surface area contributed by atoms with Gasteiger partial charge in [-0.15, -0.1) is 0 Å². The van der Waals surface area contributed by atoms with Crippen LogP contribution in [0.2, 0.25) is 0 Å². The van der Waals surface area contributed by atoms with Crippen molar-refractivity contribution in [3.8, 4) is 0 Å². The molecule has 0 aromatic carbocycles. The zero-order chi connectivity index (χ0) is 14.1. The van der Waals surface area contributed by atoms with Crippen molar-refractivity contribution in [2.24, 2.45) is 5.73 Å². The quantitative estimate of drug-likeness (QED) is 0.295. The summed E-state index contributed by atoms with van der Waals surface area (Å²) in [7, 11) is -10.3. The van der Waals surface area contributed by atoms with Gasteiger partial charge in [0.25, 0.3) is 0 Å². The molecular weight excluding hydrogens is 487 g/mol. The normalized spacial score (nSPS) is 15.4. The Balaban J connectivity index is -0.0000000866. The van der Waals surface area contributed by atoms with Crippen LogP contribution < -0.4 is 11.9 Å². The zero-order valence-corrected chi connectivity index (χ0v) is 13.7. The van der Waals surface area contributed by atoms with Crippen LogP contribution in [0, 0.1) is 0 Å².